The Bertz CT molecular complexity index is 250. The van der Waals surface area contributed by atoms with E-state index in [2.05, 4.69) is 24.0 Å². The van der Waals surface area contributed by atoms with Crippen molar-refractivity contribution in [1.29, 1.82) is 0 Å². The number of hydrogen-bond acceptors (Lipinski definition) is 2. The standard InChI is InChI=1S/C9H17N3/c1-6(2)4-9-8(5-10)7(3)11-12-9/h6H,4-5,10H2,1-3H3,(H,11,12). The van der Waals surface area contributed by atoms with E-state index >= 15 is 0 Å². The number of aromatic nitrogens is 2. The maximum atomic E-state index is 5.61. The van der Waals surface area contributed by atoms with Gasteiger partial charge >= 0.3 is 0 Å². The molecule has 0 aliphatic rings. The predicted octanol–water partition coefficient (Wildman–Crippen LogP) is 1.38. The zero-order chi connectivity index (χ0) is 9.14. The fraction of sp³-hybridized carbons (Fsp3) is 0.667. The summed E-state index contributed by atoms with van der Waals surface area (Å²) in [5.74, 6) is 0.637. The highest BCUT2D eigenvalue weighted by Gasteiger charge is 2.09. The van der Waals surface area contributed by atoms with Crippen molar-refractivity contribution in [2.75, 3.05) is 0 Å². The van der Waals surface area contributed by atoms with Crippen molar-refractivity contribution in [2.45, 2.75) is 33.7 Å². The van der Waals surface area contributed by atoms with E-state index < -0.39 is 0 Å². The van der Waals surface area contributed by atoms with Gasteiger partial charge in [0.1, 0.15) is 0 Å². The molecule has 0 spiro atoms. The van der Waals surface area contributed by atoms with Crippen molar-refractivity contribution in [3.05, 3.63) is 17.0 Å². The van der Waals surface area contributed by atoms with Gasteiger partial charge < -0.3 is 5.73 Å². The quantitative estimate of drug-likeness (QED) is 0.714. The minimum atomic E-state index is 0.588. The van der Waals surface area contributed by atoms with Crippen molar-refractivity contribution in [2.24, 2.45) is 11.7 Å². The molecule has 0 aliphatic carbocycles. The maximum absolute atomic E-state index is 5.61. The highest BCUT2D eigenvalue weighted by Crippen LogP contribution is 2.13. The van der Waals surface area contributed by atoms with Crippen molar-refractivity contribution in [3.63, 3.8) is 0 Å². The number of nitrogens with one attached hydrogen (secondary N) is 1. The molecule has 1 heterocycles. The highest BCUT2D eigenvalue weighted by molar-refractivity contribution is 5.24. The van der Waals surface area contributed by atoms with Crippen LogP contribution in [0.15, 0.2) is 0 Å². The molecule has 0 fully saturated rings. The lowest BCUT2D eigenvalue weighted by atomic mass is 10.0. The Morgan fingerprint density at radius 2 is 2.17 bits per heavy atom. The Morgan fingerprint density at radius 1 is 1.50 bits per heavy atom. The van der Waals surface area contributed by atoms with Crippen LogP contribution < -0.4 is 5.73 Å². The van der Waals surface area contributed by atoms with E-state index in [1.54, 1.807) is 0 Å². The lowest BCUT2D eigenvalue weighted by Crippen LogP contribution is -2.03. The van der Waals surface area contributed by atoms with Crippen molar-refractivity contribution in [1.82, 2.24) is 10.2 Å². The van der Waals surface area contributed by atoms with E-state index in [9.17, 15) is 0 Å². The van der Waals surface area contributed by atoms with Crippen molar-refractivity contribution >= 4 is 0 Å². The summed E-state index contributed by atoms with van der Waals surface area (Å²) < 4.78 is 0. The predicted molar refractivity (Wildman–Crippen MR) is 49.8 cm³/mol. The summed E-state index contributed by atoms with van der Waals surface area (Å²) >= 11 is 0. The van der Waals surface area contributed by atoms with Crippen LogP contribution in [0.1, 0.15) is 30.8 Å². The van der Waals surface area contributed by atoms with Crippen LogP contribution in [0.2, 0.25) is 0 Å². The summed E-state index contributed by atoms with van der Waals surface area (Å²) in [5.41, 5.74) is 9.03. The summed E-state index contributed by atoms with van der Waals surface area (Å²) in [6, 6.07) is 0. The minimum absolute atomic E-state index is 0.588. The van der Waals surface area contributed by atoms with E-state index in [0.29, 0.717) is 12.5 Å². The molecule has 0 amide bonds. The summed E-state index contributed by atoms with van der Waals surface area (Å²) in [7, 11) is 0. The number of rotatable bonds is 3. The highest BCUT2D eigenvalue weighted by atomic mass is 15.1. The lowest BCUT2D eigenvalue weighted by Gasteiger charge is -2.03. The molecule has 1 aromatic rings. The van der Waals surface area contributed by atoms with Gasteiger partial charge in [-0.3, -0.25) is 5.10 Å². The van der Waals surface area contributed by atoms with E-state index in [1.165, 1.54) is 5.56 Å². The average molecular weight is 167 g/mol. The van der Waals surface area contributed by atoms with Crippen LogP contribution in [-0.2, 0) is 13.0 Å². The molecule has 0 aromatic carbocycles. The first-order valence-electron chi connectivity index (χ1n) is 4.38. The smallest absolute Gasteiger partial charge is 0.0672 e. The fourth-order valence-corrected chi connectivity index (χ4v) is 1.33. The van der Waals surface area contributed by atoms with Gasteiger partial charge in [-0.05, 0) is 19.3 Å². The first kappa shape index (κ1) is 9.26. The Balaban J connectivity index is 2.84. The Labute approximate surface area is 73.4 Å². The molecular formula is C9H17N3. The number of aryl methyl sites for hydroxylation is 1. The molecular weight excluding hydrogens is 150 g/mol. The average Bonchev–Trinajstić information content (AvgIpc) is 2.30. The van der Waals surface area contributed by atoms with Crippen molar-refractivity contribution in [3.8, 4) is 0 Å². The maximum Gasteiger partial charge on any atom is 0.0672 e. The van der Waals surface area contributed by atoms with E-state index in [0.717, 1.165) is 17.8 Å². The third-order valence-corrected chi connectivity index (χ3v) is 1.97. The van der Waals surface area contributed by atoms with Gasteiger partial charge in [0.2, 0.25) is 0 Å². The van der Waals surface area contributed by atoms with E-state index in [-0.39, 0.29) is 0 Å². The second-order valence-electron chi connectivity index (χ2n) is 3.58. The Hall–Kier alpha value is -0.830. The number of H-pyrrole nitrogens is 1. The molecule has 1 aromatic heterocycles. The molecule has 0 saturated heterocycles. The van der Waals surface area contributed by atoms with Crippen LogP contribution in [0.5, 0.6) is 0 Å². The molecule has 68 valence electrons. The van der Waals surface area contributed by atoms with Gasteiger partial charge in [-0.25, -0.2) is 0 Å². The Morgan fingerprint density at radius 3 is 2.67 bits per heavy atom. The fourth-order valence-electron chi connectivity index (χ4n) is 1.33. The zero-order valence-electron chi connectivity index (χ0n) is 8.02. The molecule has 0 bridgehead atoms. The van der Waals surface area contributed by atoms with Crippen LogP contribution in [0.4, 0.5) is 0 Å². The third-order valence-electron chi connectivity index (χ3n) is 1.97. The summed E-state index contributed by atoms with van der Waals surface area (Å²) in [4.78, 5) is 0. The first-order valence-corrected chi connectivity index (χ1v) is 4.38. The normalized spacial score (nSPS) is 11.1. The van der Waals surface area contributed by atoms with E-state index in [4.69, 9.17) is 5.73 Å². The van der Waals surface area contributed by atoms with Gasteiger partial charge in [0.25, 0.3) is 0 Å². The largest absolute Gasteiger partial charge is 0.326 e. The molecule has 3 N–H and O–H groups in total. The second-order valence-corrected chi connectivity index (χ2v) is 3.58. The summed E-state index contributed by atoms with van der Waals surface area (Å²) in [5, 5.41) is 7.19. The molecule has 0 unspecified atom stereocenters. The number of nitrogens with zero attached hydrogens (tertiary/aromatic N) is 1. The number of hydrogen-bond donors (Lipinski definition) is 2. The van der Waals surface area contributed by atoms with Gasteiger partial charge in [0.05, 0.1) is 5.69 Å². The first-order chi connectivity index (χ1) is 5.65. The van der Waals surface area contributed by atoms with Gasteiger partial charge in [0, 0.05) is 17.8 Å². The second kappa shape index (κ2) is 3.72. The molecule has 0 aliphatic heterocycles. The van der Waals surface area contributed by atoms with Gasteiger partial charge in [-0.1, -0.05) is 13.8 Å². The molecule has 0 saturated carbocycles. The van der Waals surface area contributed by atoms with Crippen LogP contribution in [0.3, 0.4) is 0 Å². The Kier molecular flexibility index (Phi) is 2.87. The summed E-state index contributed by atoms with van der Waals surface area (Å²) in [6.07, 6.45) is 1.01. The van der Waals surface area contributed by atoms with Crippen LogP contribution in [0, 0.1) is 12.8 Å². The monoisotopic (exact) mass is 167 g/mol. The molecule has 3 heteroatoms. The molecule has 0 radical (unpaired) electrons. The van der Waals surface area contributed by atoms with Gasteiger partial charge in [0.15, 0.2) is 0 Å². The molecule has 1 rings (SSSR count). The lowest BCUT2D eigenvalue weighted by molar-refractivity contribution is 0.629. The van der Waals surface area contributed by atoms with Crippen LogP contribution in [-0.4, -0.2) is 10.2 Å². The van der Waals surface area contributed by atoms with Gasteiger partial charge in [-0.15, -0.1) is 0 Å². The zero-order valence-corrected chi connectivity index (χ0v) is 8.02. The van der Waals surface area contributed by atoms with Gasteiger partial charge in [-0.2, -0.15) is 5.10 Å². The molecule has 3 nitrogen and oxygen atoms in total. The molecule has 12 heavy (non-hydrogen) atoms. The molecule has 0 atom stereocenters. The third kappa shape index (κ3) is 1.85. The number of aromatic amines is 1. The van der Waals surface area contributed by atoms with Crippen molar-refractivity contribution < 1.29 is 0 Å². The van der Waals surface area contributed by atoms with Crippen LogP contribution >= 0.6 is 0 Å². The number of nitrogens with two attached hydrogens (primary N) is 1. The minimum Gasteiger partial charge on any atom is -0.326 e. The van der Waals surface area contributed by atoms with E-state index in [1.807, 2.05) is 6.92 Å². The SMILES string of the molecule is Cc1[nH]nc(CC(C)C)c1CN. The summed E-state index contributed by atoms with van der Waals surface area (Å²) in [6.45, 7) is 6.97. The topological polar surface area (TPSA) is 54.7 Å². The van der Waals surface area contributed by atoms with Crippen LogP contribution in [0.25, 0.3) is 0 Å².